The highest BCUT2D eigenvalue weighted by atomic mass is 16.6. The van der Waals surface area contributed by atoms with Crippen LogP contribution >= 0.6 is 0 Å². The number of ether oxygens (including phenoxy) is 1. The number of carbonyl (C=O) groups excluding carboxylic acids is 2. The van der Waals surface area contributed by atoms with Gasteiger partial charge in [0.2, 0.25) is 0 Å². The topological polar surface area (TPSA) is 49.9 Å². The fourth-order valence-corrected chi connectivity index (χ4v) is 2.68. The fourth-order valence-electron chi connectivity index (χ4n) is 2.68. The van der Waals surface area contributed by atoms with Gasteiger partial charge >= 0.3 is 6.09 Å². The molecule has 0 aromatic heterocycles. The standard InChI is InChI=1S/C16H20N2O3/c1-2-8-17(13-6-7-13)15(19)12-4-3-5-14(11-12)18-9-10-21-16(18)20/h3-5,11,13H,2,6-10H2,1H3. The van der Waals surface area contributed by atoms with Gasteiger partial charge in [-0.2, -0.15) is 0 Å². The molecule has 2 fully saturated rings. The summed E-state index contributed by atoms with van der Waals surface area (Å²) in [5, 5.41) is 0. The average molecular weight is 288 g/mol. The van der Waals surface area contributed by atoms with Crippen molar-refractivity contribution in [2.24, 2.45) is 0 Å². The Morgan fingerprint density at radius 1 is 1.43 bits per heavy atom. The van der Waals surface area contributed by atoms with E-state index in [2.05, 4.69) is 6.92 Å². The highest BCUT2D eigenvalue weighted by molar-refractivity contribution is 5.97. The Balaban J connectivity index is 1.81. The Labute approximate surface area is 124 Å². The predicted molar refractivity (Wildman–Crippen MR) is 79.5 cm³/mol. The lowest BCUT2D eigenvalue weighted by Gasteiger charge is -2.22. The van der Waals surface area contributed by atoms with Gasteiger partial charge in [0.05, 0.1) is 6.54 Å². The minimum atomic E-state index is -0.341. The molecule has 3 rings (SSSR count). The van der Waals surface area contributed by atoms with Crippen LogP contribution in [0.3, 0.4) is 0 Å². The Morgan fingerprint density at radius 3 is 2.86 bits per heavy atom. The summed E-state index contributed by atoms with van der Waals surface area (Å²) in [7, 11) is 0. The molecule has 1 saturated carbocycles. The molecule has 5 nitrogen and oxygen atoms in total. The van der Waals surface area contributed by atoms with E-state index in [1.165, 1.54) is 0 Å². The van der Waals surface area contributed by atoms with Gasteiger partial charge in [-0.25, -0.2) is 4.79 Å². The summed E-state index contributed by atoms with van der Waals surface area (Å²) in [5.41, 5.74) is 1.38. The molecule has 0 unspecified atom stereocenters. The van der Waals surface area contributed by atoms with Gasteiger partial charge in [0.1, 0.15) is 6.61 Å². The predicted octanol–water partition coefficient (Wildman–Crippen LogP) is 2.66. The first-order valence-corrected chi connectivity index (χ1v) is 7.56. The van der Waals surface area contributed by atoms with E-state index in [1.54, 1.807) is 11.0 Å². The minimum absolute atomic E-state index is 0.0637. The quantitative estimate of drug-likeness (QED) is 0.837. The molecular formula is C16H20N2O3. The monoisotopic (exact) mass is 288 g/mol. The van der Waals surface area contributed by atoms with Crippen LogP contribution in [0.15, 0.2) is 24.3 Å². The van der Waals surface area contributed by atoms with Crippen LogP contribution in [-0.4, -0.2) is 42.6 Å². The van der Waals surface area contributed by atoms with Crippen molar-refractivity contribution in [2.45, 2.75) is 32.2 Å². The van der Waals surface area contributed by atoms with Gasteiger partial charge < -0.3 is 9.64 Å². The van der Waals surface area contributed by atoms with Gasteiger partial charge in [0.25, 0.3) is 5.91 Å². The molecule has 1 aromatic carbocycles. The second kappa shape index (κ2) is 5.76. The van der Waals surface area contributed by atoms with Crippen molar-refractivity contribution in [2.75, 3.05) is 24.6 Å². The van der Waals surface area contributed by atoms with Crippen LogP contribution in [0.25, 0.3) is 0 Å². The SMILES string of the molecule is CCCN(C(=O)c1cccc(N2CCOC2=O)c1)C1CC1. The van der Waals surface area contributed by atoms with E-state index in [9.17, 15) is 9.59 Å². The molecule has 1 aliphatic carbocycles. The van der Waals surface area contributed by atoms with Gasteiger partial charge in [-0.15, -0.1) is 0 Å². The van der Waals surface area contributed by atoms with Crippen molar-refractivity contribution in [3.8, 4) is 0 Å². The number of hydrogen-bond acceptors (Lipinski definition) is 3. The van der Waals surface area contributed by atoms with Crippen molar-refractivity contribution in [1.82, 2.24) is 4.90 Å². The number of hydrogen-bond donors (Lipinski definition) is 0. The molecule has 112 valence electrons. The zero-order valence-corrected chi connectivity index (χ0v) is 12.2. The van der Waals surface area contributed by atoms with Crippen LogP contribution in [0, 0.1) is 0 Å². The van der Waals surface area contributed by atoms with Crippen LogP contribution in [0.2, 0.25) is 0 Å². The first-order valence-electron chi connectivity index (χ1n) is 7.56. The molecule has 2 amide bonds. The highest BCUT2D eigenvalue weighted by Gasteiger charge is 2.32. The molecule has 1 saturated heterocycles. The molecule has 0 bridgehead atoms. The lowest BCUT2D eigenvalue weighted by Crippen LogP contribution is -2.34. The summed E-state index contributed by atoms with van der Waals surface area (Å²) in [6, 6.07) is 7.67. The number of cyclic esters (lactones) is 1. The third-order valence-electron chi connectivity index (χ3n) is 3.88. The molecule has 1 aliphatic heterocycles. The van der Waals surface area contributed by atoms with Gasteiger partial charge in [-0.1, -0.05) is 13.0 Å². The molecule has 5 heteroatoms. The van der Waals surface area contributed by atoms with E-state index in [4.69, 9.17) is 4.74 Å². The van der Waals surface area contributed by atoms with E-state index >= 15 is 0 Å². The largest absolute Gasteiger partial charge is 0.447 e. The molecule has 0 radical (unpaired) electrons. The van der Waals surface area contributed by atoms with E-state index in [-0.39, 0.29) is 12.0 Å². The second-order valence-electron chi connectivity index (χ2n) is 5.55. The number of anilines is 1. The van der Waals surface area contributed by atoms with E-state index in [0.717, 1.165) is 31.5 Å². The van der Waals surface area contributed by atoms with Crippen LogP contribution in [0.1, 0.15) is 36.5 Å². The molecular weight excluding hydrogens is 268 g/mol. The summed E-state index contributed by atoms with van der Waals surface area (Å²) in [4.78, 5) is 27.8. The van der Waals surface area contributed by atoms with Gasteiger partial charge in [-0.05, 0) is 37.5 Å². The van der Waals surface area contributed by atoms with Crippen LogP contribution < -0.4 is 4.90 Å². The van der Waals surface area contributed by atoms with Crippen LogP contribution in [-0.2, 0) is 4.74 Å². The molecule has 1 heterocycles. The normalized spacial score (nSPS) is 17.8. The van der Waals surface area contributed by atoms with Gasteiger partial charge in [-0.3, -0.25) is 9.69 Å². The zero-order valence-electron chi connectivity index (χ0n) is 12.2. The van der Waals surface area contributed by atoms with Crippen LogP contribution in [0.5, 0.6) is 0 Å². The molecule has 0 spiro atoms. The molecule has 2 aliphatic rings. The molecule has 21 heavy (non-hydrogen) atoms. The van der Waals surface area contributed by atoms with E-state index in [1.807, 2.05) is 23.1 Å². The third-order valence-corrected chi connectivity index (χ3v) is 3.88. The maximum Gasteiger partial charge on any atom is 0.414 e. The van der Waals surface area contributed by atoms with Crippen molar-refractivity contribution in [1.29, 1.82) is 0 Å². The van der Waals surface area contributed by atoms with E-state index in [0.29, 0.717) is 24.8 Å². The summed E-state index contributed by atoms with van der Waals surface area (Å²) in [5.74, 6) is 0.0637. The van der Waals surface area contributed by atoms with Crippen molar-refractivity contribution in [3.05, 3.63) is 29.8 Å². The van der Waals surface area contributed by atoms with Crippen LogP contribution in [0.4, 0.5) is 10.5 Å². The van der Waals surface area contributed by atoms with E-state index < -0.39 is 0 Å². The lowest BCUT2D eigenvalue weighted by molar-refractivity contribution is 0.0743. The molecule has 0 atom stereocenters. The second-order valence-corrected chi connectivity index (χ2v) is 5.55. The number of nitrogens with zero attached hydrogens (tertiary/aromatic N) is 2. The Kier molecular flexibility index (Phi) is 3.82. The Bertz CT molecular complexity index is 554. The smallest absolute Gasteiger partial charge is 0.414 e. The first kappa shape index (κ1) is 13.9. The Hall–Kier alpha value is -2.04. The summed E-state index contributed by atoms with van der Waals surface area (Å²) < 4.78 is 4.95. The number of carbonyl (C=O) groups is 2. The maximum absolute atomic E-state index is 12.7. The van der Waals surface area contributed by atoms with Crippen molar-refractivity contribution < 1.29 is 14.3 Å². The first-order chi connectivity index (χ1) is 10.2. The zero-order chi connectivity index (χ0) is 14.8. The molecule has 1 aromatic rings. The fraction of sp³-hybridized carbons (Fsp3) is 0.500. The number of benzene rings is 1. The third kappa shape index (κ3) is 2.86. The summed E-state index contributed by atoms with van der Waals surface area (Å²) in [6.45, 7) is 3.82. The molecule has 0 N–H and O–H groups in total. The maximum atomic E-state index is 12.7. The average Bonchev–Trinajstić information content (AvgIpc) is 3.25. The van der Waals surface area contributed by atoms with Crippen molar-refractivity contribution in [3.63, 3.8) is 0 Å². The van der Waals surface area contributed by atoms with Gasteiger partial charge in [0, 0.05) is 23.8 Å². The van der Waals surface area contributed by atoms with Gasteiger partial charge in [0.15, 0.2) is 0 Å². The highest BCUT2D eigenvalue weighted by Crippen LogP contribution is 2.29. The summed E-state index contributed by atoms with van der Waals surface area (Å²) in [6.07, 6.45) is 2.82. The lowest BCUT2D eigenvalue weighted by atomic mass is 10.1. The minimum Gasteiger partial charge on any atom is -0.447 e. The number of rotatable bonds is 5. The Morgan fingerprint density at radius 2 is 2.24 bits per heavy atom. The van der Waals surface area contributed by atoms with Crippen molar-refractivity contribution >= 4 is 17.7 Å². The summed E-state index contributed by atoms with van der Waals surface area (Å²) >= 11 is 0. The number of amides is 2.